The molecule has 0 spiro atoms. The standard InChI is InChI=1S/C18H22BFN4O/c1-13(14-2-4-15(20)5-3-14)24-12-21-8-17(24)18-11-25-10-16-9-22(19)6-7-23(16)18/h2-5,8,12-13,16,18H,6-7,9-11H2,1H3. The van der Waals surface area contributed by atoms with Gasteiger partial charge in [0.15, 0.2) is 7.98 Å². The number of fused-ring (bicyclic) bond motifs is 1. The van der Waals surface area contributed by atoms with Crippen LogP contribution in [-0.2, 0) is 4.74 Å². The second-order valence-electron chi connectivity index (χ2n) is 6.89. The van der Waals surface area contributed by atoms with Crippen LogP contribution in [0.15, 0.2) is 36.8 Å². The molecule has 1 aromatic heterocycles. The Labute approximate surface area is 148 Å². The number of aromatic nitrogens is 2. The van der Waals surface area contributed by atoms with Crippen molar-refractivity contribution >= 4 is 7.98 Å². The Kier molecular flexibility index (Phi) is 4.62. The maximum Gasteiger partial charge on any atom is 0.182 e. The van der Waals surface area contributed by atoms with Gasteiger partial charge in [0, 0.05) is 25.3 Å². The molecule has 7 heteroatoms. The van der Waals surface area contributed by atoms with E-state index < -0.39 is 0 Å². The number of rotatable bonds is 3. The third kappa shape index (κ3) is 3.24. The van der Waals surface area contributed by atoms with Gasteiger partial charge in [-0.2, -0.15) is 0 Å². The highest BCUT2D eigenvalue weighted by Crippen LogP contribution is 2.31. The first-order valence-electron chi connectivity index (χ1n) is 8.74. The molecule has 1 aromatic carbocycles. The molecular weight excluding hydrogens is 318 g/mol. The van der Waals surface area contributed by atoms with Crippen molar-refractivity contribution in [3.8, 4) is 0 Å². The van der Waals surface area contributed by atoms with E-state index >= 15 is 0 Å². The van der Waals surface area contributed by atoms with Gasteiger partial charge in [0.05, 0.1) is 37.3 Å². The average Bonchev–Trinajstić information content (AvgIpc) is 3.10. The summed E-state index contributed by atoms with van der Waals surface area (Å²) in [5.74, 6) is -0.218. The van der Waals surface area contributed by atoms with Crippen LogP contribution in [0.1, 0.15) is 30.3 Å². The first kappa shape index (κ1) is 16.8. The lowest BCUT2D eigenvalue weighted by molar-refractivity contribution is -0.0732. The highest BCUT2D eigenvalue weighted by atomic mass is 19.1. The molecular formula is C18H22BFN4O. The number of ether oxygens (including phenoxy) is 1. The van der Waals surface area contributed by atoms with Crippen molar-refractivity contribution in [1.82, 2.24) is 19.3 Å². The lowest BCUT2D eigenvalue weighted by Crippen LogP contribution is -2.58. The summed E-state index contributed by atoms with van der Waals surface area (Å²) in [6.07, 6.45) is 3.78. The summed E-state index contributed by atoms with van der Waals surface area (Å²) < 4.78 is 21.3. The van der Waals surface area contributed by atoms with Crippen molar-refractivity contribution in [2.75, 3.05) is 32.8 Å². The second kappa shape index (κ2) is 6.90. The molecule has 2 saturated heterocycles. The van der Waals surface area contributed by atoms with Crippen LogP contribution in [-0.4, -0.2) is 66.1 Å². The van der Waals surface area contributed by atoms with E-state index in [1.807, 2.05) is 29.5 Å². The van der Waals surface area contributed by atoms with Crippen LogP contribution in [0.4, 0.5) is 4.39 Å². The van der Waals surface area contributed by atoms with Crippen molar-refractivity contribution in [3.05, 3.63) is 53.9 Å². The minimum Gasteiger partial charge on any atom is -0.378 e. The van der Waals surface area contributed by atoms with E-state index in [9.17, 15) is 4.39 Å². The molecule has 0 bridgehead atoms. The second-order valence-corrected chi connectivity index (χ2v) is 6.89. The zero-order chi connectivity index (χ0) is 17.4. The van der Waals surface area contributed by atoms with E-state index in [1.54, 1.807) is 0 Å². The summed E-state index contributed by atoms with van der Waals surface area (Å²) in [6, 6.07) is 7.22. The normalized spacial score (nSPS) is 26.3. The van der Waals surface area contributed by atoms with E-state index in [-0.39, 0.29) is 17.9 Å². The fourth-order valence-electron chi connectivity index (χ4n) is 3.92. The number of hydrogen-bond acceptors (Lipinski definition) is 4. The quantitative estimate of drug-likeness (QED) is 0.798. The van der Waals surface area contributed by atoms with E-state index in [0.29, 0.717) is 19.3 Å². The number of morpholine rings is 1. The van der Waals surface area contributed by atoms with Crippen molar-refractivity contribution in [3.63, 3.8) is 0 Å². The minimum atomic E-state index is -0.218. The Bertz CT molecular complexity index is 722. The Morgan fingerprint density at radius 3 is 2.84 bits per heavy atom. The van der Waals surface area contributed by atoms with Gasteiger partial charge in [-0.25, -0.2) is 9.37 Å². The molecule has 0 N–H and O–H groups in total. The highest BCUT2D eigenvalue weighted by molar-refractivity contribution is 6.04. The summed E-state index contributed by atoms with van der Waals surface area (Å²) in [6.45, 7) is 6.07. The van der Waals surface area contributed by atoms with Crippen molar-refractivity contribution in [1.29, 1.82) is 0 Å². The average molecular weight is 340 g/mol. The molecule has 25 heavy (non-hydrogen) atoms. The molecule has 0 saturated carbocycles. The summed E-state index contributed by atoms with van der Waals surface area (Å²) in [5.41, 5.74) is 2.19. The molecule has 2 fully saturated rings. The van der Waals surface area contributed by atoms with Crippen LogP contribution < -0.4 is 0 Å². The fourth-order valence-corrected chi connectivity index (χ4v) is 3.92. The zero-order valence-corrected chi connectivity index (χ0v) is 14.4. The van der Waals surface area contributed by atoms with Gasteiger partial charge in [-0.3, -0.25) is 4.90 Å². The van der Waals surface area contributed by atoms with E-state index in [4.69, 9.17) is 12.7 Å². The van der Waals surface area contributed by atoms with Crippen LogP contribution in [0.25, 0.3) is 0 Å². The zero-order valence-electron chi connectivity index (χ0n) is 14.4. The third-order valence-electron chi connectivity index (χ3n) is 5.35. The Morgan fingerprint density at radius 2 is 2.04 bits per heavy atom. The number of hydrogen-bond donors (Lipinski definition) is 0. The van der Waals surface area contributed by atoms with Crippen LogP contribution in [0.2, 0.25) is 0 Å². The lowest BCUT2D eigenvalue weighted by atomic mass is 10.0. The van der Waals surface area contributed by atoms with Gasteiger partial charge in [-0.05, 0) is 31.2 Å². The fraction of sp³-hybridized carbons (Fsp3) is 0.500. The number of halogens is 1. The first-order chi connectivity index (χ1) is 12.1. The molecule has 2 aromatic rings. The minimum absolute atomic E-state index is 0.0780. The molecule has 5 nitrogen and oxygen atoms in total. The van der Waals surface area contributed by atoms with Gasteiger partial charge < -0.3 is 14.1 Å². The summed E-state index contributed by atoms with van der Waals surface area (Å²) in [4.78, 5) is 8.74. The molecule has 2 radical (unpaired) electrons. The van der Waals surface area contributed by atoms with Gasteiger partial charge in [-0.15, -0.1) is 0 Å². The Hall–Kier alpha value is -1.70. The van der Waals surface area contributed by atoms with Gasteiger partial charge in [-0.1, -0.05) is 12.1 Å². The number of nitrogens with zero attached hydrogens (tertiary/aromatic N) is 4. The van der Waals surface area contributed by atoms with Gasteiger partial charge >= 0.3 is 0 Å². The van der Waals surface area contributed by atoms with Crippen LogP contribution >= 0.6 is 0 Å². The van der Waals surface area contributed by atoms with E-state index in [2.05, 4.69) is 21.4 Å². The molecule has 0 aliphatic carbocycles. The summed E-state index contributed by atoms with van der Waals surface area (Å²) in [7, 11) is 5.98. The number of imidazole rings is 1. The molecule has 2 aliphatic rings. The number of piperazine rings is 1. The Balaban J connectivity index is 1.61. The smallest absolute Gasteiger partial charge is 0.182 e. The molecule has 4 rings (SSSR count). The molecule has 3 atom stereocenters. The molecule has 2 aliphatic heterocycles. The summed E-state index contributed by atoms with van der Waals surface area (Å²) >= 11 is 0. The SMILES string of the molecule is [B]N1CCN2C(COCC2c2cncn2C(C)c2ccc(F)cc2)C1. The maximum atomic E-state index is 13.2. The predicted octanol–water partition coefficient (Wildman–Crippen LogP) is 1.77. The molecule has 130 valence electrons. The van der Waals surface area contributed by atoms with E-state index in [1.165, 1.54) is 12.1 Å². The van der Waals surface area contributed by atoms with Crippen LogP contribution in [0, 0.1) is 5.82 Å². The topological polar surface area (TPSA) is 33.5 Å². The highest BCUT2D eigenvalue weighted by Gasteiger charge is 2.37. The Morgan fingerprint density at radius 1 is 1.24 bits per heavy atom. The number of benzene rings is 1. The molecule has 0 amide bonds. The van der Waals surface area contributed by atoms with Gasteiger partial charge in [0.2, 0.25) is 0 Å². The first-order valence-corrected chi connectivity index (χ1v) is 8.74. The van der Waals surface area contributed by atoms with Crippen LogP contribution in [0.5, 0.6) is 0 Å². The van der Waals surface area contributed by atoms with Crippen molar-refractivity contribution in [2.45, 2.75) is 25.0 Å². The monoisotopic (exact) mass is 340 g/mol. The van der Waals surface area contributed by atoms with Crippen molar-refractivity contribution in [2.24, 2.45) is 0 Å². The van der Waals surface area contributed by atoms with E-state index in [0.717, 1.165) is 30.9 Å². The molecule has 3 unspecified atom stereocenters. The predicted molar refractivity (Wildman–Crippen MR) is 93.8 cm³/mol. The largest absolute Gasteiger partial charge is 0.378 e. The van der Waals surface area contributed by atoms with Crippen molar-refractivity contribution < 1.29 is 9.13 Å². The van der Waals surface area contributed by atoms with Gasteiger partial charge in [0.25, 0.3) is 0 Å². The lowest BCUT2D eigenvalue weighted by Gasteiger charge is -2.47. The summed E-state index contributed by atoms with van der Waals surface area (Å²) in [5, 5.41) is 0. The maximum absolute atomic E-state index is 13.2. The van der Waals surface area contributed by atoms with Gasteiger partial charge in [0.1, 0.15) is 5.82 Å². The third-order valence-corrected chi connectivity index (χ3v) is 5.35. The molecule has 3 heterocycles. The van der Waals surface area contributed by atoms with Crippen LogP contribution in [0.3, 0.4) is 0 Å².